The first-order valence-electron chi connectivity index (χ1n) is 8.69. The molecule has 3 rings (SSSR count). The van der Waals surface area contributed by atoms with Gasteiger partial charge in [0.1, 0.15) is 26.3 Å². The SMILES string of the molecule is CC(C)N(C(=O)OCCCCCc1nnn[nH]1)c1ccc2nc(S)sc2n1. The highest BCUT2D eigenvalue weighted by atomic mass is 32.2. The second-order valence-corrected chi connectivity index (χ2v) is 7.93. The Bertz CT molecular complexity index is 882. The minimum Gasteiger partial charge on any atom is -0.449 e. The number of pyridine rings is 1. The van der Waals surface area contributed by atoms with Crippen LogP contribution >= 0.6 is 24.0 Å². The molecule has 0 bridgehead atoms. The number of carbonyl (C=O) groups excluding carboxylic acids is 1. The van der Waals surface area contributed by atoms with E-state index in [4.69, 9.17) is 4.74 Å². The van der Waals surface area contributed by atoms with Crippen LogP contribution in [0.15, 0.2) is 16.5 Å². The molecule has 11 heteroatoms. The van der Waals surface area contributed by atoms with Crippen molar-refractivity contribution in [1.82, 2.24) is 30.6 Å². The van der Waals surface area contributed by atoms with E-state index >= 15 is 0 Å². The second-order valence-electron chi connectivity index (χ2n) is 6.23. The van der Waals surface area contributed by atoms with Crippen molar-refractivity contribution in [3.8, 4) is 0 Å². The van der Waals surface area contributed by atoms with Crippen molar-refractivity contribution >= 4 is 46.2 Å². The number of aromatic nitrogens is 6. The second kappa shape index (κ2) is 9.09. The first-order chi connectivity index (χ1) is 13.0. The van der Waals surface area contributed by atoms with Crippen molar-refractivity contribution in [2.75, 3.05) is 11.5 Å². The predicted octanol–water partition coefficient (Wildman–Crippen LogP) is 3.26. The molecule has 0 aliphatic carbocycles. The van der Waals surface area contributed by atoms with Crippen molar-refractivity contribution in [3.05, 3.63) is 18.0 Å². The van der Waals surface area contributed by atoms with E-state index in [9.17, 15) is 4.79 Å². The fourth-order valence-electron chi connectivity index (χ4n) is 2.58. The van der Waals surface area contributed by atoms with Crippen LogP contribution in [0.5, 0.6) is 0 Å². The summed E-state index contributed by atoms with van der Waals surface area (Å²) in [5.74, 6) is 1.32. The minimum absolute atomic E-state index is 0.0789. The summed E-state index contributed by atoms with van der Waals surface area (Å²) in [6, 6.07) is 3.54. The summed E-state index contributed by atoms with van der Waals surface area (Å²) in [6.07, 6.45) is 3.02. The van der Waals surface area contributed by atoms with E-state index in [2.05, 4.69) is 43.2 Å². The van der Waals surface area contributed by atoms with Gasteiger partial charge in [0.2, 0.25) is 0 Å². The zero-order chi connectivity index (χ0) is 19.2. The van der Waals surface area contributed by atoms with Crippen molar-refractivity contribution in [3.63, 3.8) is 0 Å². The van der Waals surface area contributed by atoms with E-state index in [0.717, 1.165) is 41.9 Å². The third kappa shape index (κ3) is 5.13. The Hall–Kier alpha value is -2.27. The van der Waals surface area contributed by atoms with Crippen molar-refractivity contribution < 1.29 is 9.53 Å². The number of fused-ring (bicyclic) bond motifs is 1. The molecular formula is C16H21N7O2S2. The molecule has 0 unspecified atom stereocenters. The van der Waals surface area contributed by atoms with Crippen LogP contribution in [0.25, 0.3) is 10.3 Å². The first kappa shape index (κ1) is 19.5. The number of hydrogen-bond donors (Lipinski definition) is 2. The van der Waals surface area contributed by atoms with Crippen LogP contribution in [0.2, 0.25) is 0 Å². The number of H-pyrrole nitrogens is 1. The largest absolute Gasteiger partial charge is 0.449 e. The molecule has 0 saturated heterocycles. The zero-order valence-corrected chi connectivity index (χ0v) is 16.8. The van der Waals surface area contributed by atoms with Crippen molar-refractivity contribution in [2.45, 2.75) is 49.9 Å². The number of thiazole rings is 1. The summed E-state index contributed by atoms with van der Waals surface area (Å²) in [4.78, 5) is 23.7. The van der Waals surface area contributed by atoms with Gasteiger partial charge in [-0.2, -0.15) is 0 Å². The highest BCUT2D eigenvalue weighted by Gasteiger charge is 2.22. The summed E-state index contributed by atoms with van der Waals surface area (Å²) in [5, 5.41) is 13.6. The average molecular weight is 408 g/mol. The summed E-state index contributed by atoms with van der Waals surface area (Å²) in [5.41, 5.74) is 0.771. The number of ether oxygens (including phenoxy) is 1. The number of unbranched alkanes of at least 4 members (excludes halogenated alkanes) is 2. The number of hydrogen-bond acceptors (Lipinski definition) is 9. The molecule has 0 saturated carbocycles. The van der Waals surface area contributed by atoms with Gasteiger partial charge in [-0.15, -0.1) is 17.7 Å². The average Bonchev–Trinajstić information content (AvgIpc) is 3.25. The maximum absolute atomic E-state index is 12.6. The number of rotatable bonds is 8. The quantitative estimate of drug-likeness (QED) is 0.436. The predicted molar refractivity (Wildman–Crippen MR) is 105 cm³/mol. The van der Waals surface area contributed by atoms with Crippen LogP contribution < -0.4 is 4.90 Å². The Kier molecular flexibility index (Phi) is 6.56. The number of thiol groups is 1. The van der Waals surface area contributed by atoms with E-state index < -0.39 is 6.09 Å². The molecule has 144 valence electrons. The number of nitrogens with zero attached hydrogens (tertiary/aromatic N) is 6. The lowest BCUT2D eigenvalue weighted by molar-refractivity contribution is 0.149. The Morgan fingerprint density at radius 1 is 1.30 bits per heavy atom. The van der Waals surface area contributed by atoms with E-state index in [-0.39, 0.29) is 6.04 Å². The maximum Gasteiger partial charge on any atom is 0.415 e. The standard InChI is InChI=1S/C16H21N7O2S2/c1-10(2)23(13-8-7-11-14(18-13)27-15(26)17-11)16(24)25-9-5-3-4-6-12-19-21-22-20-12/h7-8,10H,3-6,9H2,1-2H3,(H,17,26)(H,19,20,21,22). The van der Waals surface area contributed by atoms with Gasteiger partial charge in [-0.1, -0.05) is 11.3 Å². The number of aromatic amines is 1. The smallest absolute Gasteiger partial charge is 0.415 e. The number of carbonyl (C=O) groups is 1. The van der Waals surface area contributed by atoms with Gasteiger partial charge in [0.25, 0.3) is 0 Å². The number of nitrogens with one attached hydrogen (secondary N) is 1. The van der Waals surface area contributed by atoms with Gasteiger partial charge in [0.05, 0.1) is 6.61 Å². The van der Waals surface area contributed by atoms with Crippen LogP contribution in [0, 0.1) is 0 Å². The fraction of sp³-hybridized carbons (Fsp3) is 0.500. The third-order valence-electron chi connectivity index (χ3n) is 3.86. The molecule has 0 spiro atoms. The van der Waals surface area contributed by atoms with Crippen LogP contribution in [0.1, 0.15) is 38.9 Å². The zero-order valence-electron chi connectivity index (χ0n) is 15.1. The lowest BCUT2D eigenvalue weighted by atomic mass is 10.2. The Morgan fingerprint density at radius 3 is 2.89 bits per heavy atom. The molecule has 1 N–H and O–H groups in total. The van der Waals surface area contributed by atoms with Gasteiger partial charge in [-0.05, 0) is 55.7 Å². The summed E-state index contributed by atoms with van der Waals surface area (Å²) in [6.45, 7) is 4.21. The lowest BCUT2D eigenvalue weighted by Crippen LogP contribution is -2.38. The fourth-order valence-corrected chi connectivity index (χ4v) is 3.63. The summed E-state index contributed by atoms with van der Waals surface area (Å²) < 4.78 is 6.09. The Labute approximate surface area is 165 Å². The molecule has 27 heavy (non-hydrogen) atoms. The van der Waals surface area contributed by atoms with Gasteiger partial charge in [-0.25, -0.2) is 19.9 Å². The monoisotopic (exact) mass is 407 g/mol. The van der Waals surface area contributed by atoms with E-state index in [1.807, 2.05) is 19.9 Å². The molecule has 0 aliphatic heterocycles. The highest BCUT2D eigenvalue weighted by molar-refractivity contribution is 7.82. The molecule has 9 nitrogen and oxygen atoms in total. The summed E-state index contributed by atoms with van der Waals surface area (Å²) >= 11 is 5.63. The van der Waals surface area contributed by atoms with Crippen LogP contribution in [-0.2, 0) is 11.2 Å². The molecule has 0 atom stereocenters. The van der Waals surface area contributed by atoms with E-state index in [1.54, 1.807) is 11.0 Å². The van der Waals surface area contributed by atoms with Crippen LogP contribution in [0.4, 0.5) is 10.6 Å². The molecule has 1 amide bonds. The van der Waals surface area contributed by atoms with Crippen molar-refractivity contribution in [1.29, 1.82) is 0 Å². The topological polar surface area (TPSA) is 110 Å². The third-order valence-corrected chi connectivity index (χ3v) is 5.00. The van der Waals surface area contributed by atoms with Crippen LogP contribution in [0.3, 0.4) is 0 Å². The number of anilines is 1. The number of aryl methyl sites for hydroxylation is 1. The highest BCUT2D eigenvalue weighted by Crippen LogP contribution is 2.26. The maximum atomic E-state index is 12.6. The molecule has 3 aromatic heterocycles. The molecule has 0 radical (unpaired) electrons. The molecule has 0 aliphatic rings. The minimum atomic E-state index is -0.396. The van der Waals surface area contributed by atoms with E-state index in [1.165, 1.54) is 11.3 Å². The molecule has 0 aromatic carbocycles. The van der Waals surface area contributed by atoms with Gasteiger partial charge in [0.15, 0.2) is 0 Å². The van der Waals surface area contributed by atoms with Gasteiger partial charge >= 0.3 is 6.09 Å². The summed E-state index contributed by atoms with van der Waals surface area (Å²) in [7, 11) is 0. The Balaban J connectivity index is 1.51. The normalized spacial score (nSPS) is 11.3. The molecule has 3 aromatic rings. The molecular weight excluding hydrogens is 386 g/mol. The van der Waals surface area contributed by atoms with Crippen molar-refractivity contribution in [2.24, 2.45) is 0 Å². The number of amides is 1. The molecule has 3 heterocycles. The van der Waals surface area contributed by atoms with Gasteiger partial charge < -0.3 is 4.74 Å². The molecule has 0 fully saturated rings. The lowest BCUT2D eigenvalue weighted by Gasteiger charge is -2.24. The van der Waals surface area contributed by atoms with Crippen LogP contribution in [-0.4, -0.2) is 49.3 Å². The van der Waals surface area contributed by atoms with E-state index in [0.29, 0.717) is 16.8 Å². The first-order valence-corrected chi connectivity index (χ1v) is 9.96. The Morgan fingerprint density at radius 2 is 2.15 bits per heavy atom. The van der Waals surface area contributed by atoms with Gasteiger partial charge in [-0.3, -0.25) is 4.90 Å². The van der Waals surface area contributed by atoms with Gasteiger partial charge in [0, 0.05) is 12.5 Å². The number of tetrazole rings is 1.